The van der Waals surface area contributed by atoms with Crippen molar-refractivity contribution in [2.45, 2.75) is 38.4 Å². The van der Waals surface area contributed by atoms with E-state index in [0.717, 1.165) is 45.7 Å². The smallest absolute Gasteiger partial charge is 0.335 e. The molecule has 5 rings (SSSR count). The van der Waals surface area contributed by atoms with E-state index in [1.807, 2.05) is 43.3 Å². The van der Waals surface area contributed by atoms with Crippen molar-refractivity contribution in [2.24, 2.45) is 4.99 Å². The molecule has 0 spiro atoms. The summed E-state index contributed by atoms with van der Waals surface area (Å²) in [6.07, 6.45) is 2.85. The number of aromatic carboxylic acids is 1. The number of pyridine rings is 1. The summed E-state index contributed by atoms with van der Waals surface area (Å²) in [5.74, 6) is 1.69. The topological polar surface area (TPSA) is 78.9 Å². The summed E-state index contributed by atoms with van der Waals surface area (Å²) in [6.45, 7) is 4.11. The van der Waals surface area contributed by atoms with Gasteiger partial charge in [-0.05, 0) is 55.3 Å². The van der Waals surface area contributed by atoms with E-state index in [1.54, 1.807) is 30.1 Å². The number of aryl methyl sites for hydroxylation is 1. The normalized spacial score (nSPS) is 22.5. The van der Waals surface area contributed by atoms with E-state index in [-0.39, 0.29) is 17.6 Å². The van der Waals surface area contributed by atoms with E-state index in [2.05, 4.69) is 16.8 Å². The number of carboxylic acid groups (broad SMARTS) is 1. The molecule has 1 saturated heterocycles. The summed E-state index contributed by atoms with van der Waals surface area (Å²) >= 11 is 1.80. The number of fused-ring (bicyclic) bond motifs is 1. The summed E-state index contributed by atoms with van der Waals surface area (Å²) in [6, 6.07) is 15.3. The Morgan fingerprint density at radius 1 is 1.26 bits per heavy atom. The average Bonchev–Trinajstić information content (AvgIpc) is 3.49. The van der Waals surface area contributed by atoms with Crippen molar-refractivity contribution in [3.8, 4) is 11.3 Å². The zero-order chi connectivity index (χ0) is 21.5. The number of aliphatic imine (C=N–C) groups is 1. The van der Waals surface area contributed by atoms with Crippen LogP contribution in [0.5, 0.6) is 0 Å². The van der Waals surface area contributed by atoms with Crippen LogP contribution in [0.25, 0.3) is 11.3 Å². The zero-order valence-corrected chi connectivity index (χ0v) is 18.2. The largest absolute Gasteiger partial charge is 0.478 e. The van der Waals surface area contributed by atoms with Crippen molar-refractivity contribution in [1.29, 1.82) is 0 Å². The molecule has 0 unspecified atom stereocenters. The van der Waals surface area contributed by atoms with Gasteiger partial charge in [0, 0.05) is 23.6 Å². The lowest BCUT2D eigenvalue weighted by atomic mass is 10.0. The molecule has 4 heterocycles. The van der Waals surface area contributed by atoms with Crippen LogP contribution >= 0.6 is 11.8 Å². The number of carbonyl (C=O) groups is 1. The first kappa shape index (κ1) is 19.9. The molecule has 0 bridgehead atoms. The zero-order valence-electron chi connectivity index (χ0n) is 17.4. The minimum absolute atomic E-state index is 0.0443. The third-order valence-electron chi connectivity index (χ3n) is 5.99. The van der Waals surface area contributed by atoms with E-state index < -0.39 is 5.97 Å². The fraction of sp³-hybridized carbons (Fsp3) is 0.292. The molecule has 0 aliphatic carbocycles. The second-order valence-corrected chi connectivity index (χ2v) is 8.86. The van der Waals surface area contributed by atoms with Gasteiger partial charge in [0.1, 0.15) is 23.6 Å². The van der Waals surface area contributed by atoms with Crippen LogP contribution in [0.1, 0.15) is 52.8 Å². The van der Waals surface area contributed by atoms with Gasteiger partial charge in [0.25, 0.3) is 0 Å². The van der Waals surface area contributed by atoms with Gasteiger partial charge in [0.05, 0.1) is 11.3 Å². The van der Waals surface area contributed by atoms with Crippen molar-refractivity contribution in [2.75, 3.05) is 5.75 Å². The molecular weight excluding hydrogens is 410 g/mol. The third-order valence-corrected chi connectivity index (χ3v) is 7.11. The second-order valence-electron chi connectivity index (χ2n) is 7.87. The Morgan fingerprint density at radius 2 is 2.13 bits per heavy atom. The van der Waals surface area contributed by atoms with Crippen molar-refractivity contribution >= 4 is 22.9 Å². The molecule has 2 aliphatic rings. The molecule has 7 heteroatoms. The maximum absolute atomic E-state index is 11.3. The highest BCUT2D eigenvalue weighted by atomic mass is 32.2. The highest BCUT2D eigenvalue weighted by Crippen LogP contribution is 2.49. The second kappa shape index (κ2) is 7.89. The number of hydrogen-bond donors (Lipinski definition) is 1. The fourth-order valence-corrected chi connectivity index (χ4v) is 5.73. The molecule has 2 aliphatic heterocycles. The number of furan rings is 1. The van der Waals surface area contributed by atoms with Crippen LogP contribution in [-0.4, -0.2) is 37.9 Å². The fourth-order valence-electron chi connectivity index (χ4n) is 4.39. The van der Waals surface area contributed by atoms with Crippen LogP contribution in [0, 0.1) is 6.92 Å². The van der Waals surface area contributed by atoms with E-state index in [0.29, 0.717) is 6.04 Å². The van der Waals surface area contributed by atoms with Gasteiger partial charge in [-0.15, -0.1) is 0 Å². The molecule has 6 nitrogen and oxygen atoms in total. The first-order valence-corrected chi connectivity index (χ1v) is 11.4. The molecule has 1 N–H and O–H groups in total. The molecule has 3 atom stereocenters. The summed E-state index contributed by atoms with van der Waals surface area (Å²) in [4.78, 5) is 23.3. The monoisotopic (exact) mass is 433 g/mol. The number of nitrogens with zero attached hydrogens (tertiary/aromatic N) is 3. The van der Waals surface area contributed by atoms with E-state index >= 15 is 0 Å². The predicted molar refractivity (Wildman–Crippen MR) is 121 cm³/mol. The Bertz CT molecular complexity index is 1160. The standard InChI is InChI=1S/C24H23N3O3S/c1-3-16-13-31-24-26-21(18-6-4-5-11-25-18)22(27(16)24)20-10-9-19(30-20)17-8-7-15(23(28)29)12-14(17)2/h4-12,16,21-22H,3,13H2,1-2H3,(H,28,29)/t16-,21-,22+/m0/s1. The van der Waals surface area contributed by atoms with E-state index in [9.17, 15) is 9.90 Å². The Labute approximate surface area is 185 Å². The van der Waals surface area contributed by atoms with Crippen LogP contribution in [0.4, 0.5) is 0 Å². The van der Waals surface area contributed by atoms with Crippen molar-refractivity contribution in [3.63, 3.8) is 0 Å². The number of thioether (sulfide) groups is 1. The molecule has 1 fully saturated rings. The van der Waals surface area contributed by atoms with Gasteiger partial charge in [0.15, 0.2) is 5.17 Å². The number of rotatable bonds is 5. The summed E-state index contributed by atoms with van der Waals surface area (Å²) in [7, 11) is 0. The quantitative estimate of drug-likeness (QED) is 0.586. The van der Waals surface area contributed by atoms with Gasteiger partial charge in [-0.25, -0.2) is 9.79 Å². The molecular formula is C24H23N3O3S. The van der Waals surface area contributed by atoms with E-state index in [1.165, 1.54) is 0 Å². The Hall–Kier alpha value is -3.06. The third kappa shape index (κ3) is 3.43. The first-order valence-electron chi connectivity index (χ1n) is 10.4. The molecule has 3 aromatic rings. The van der Waals surface area contributed by atoms with E-state index in [4.69, 9.17) is 9.41 Å². The molecule has 0 radical (unpaired) electrons. The van der Waals surface area contributed by atoms with Crippen molar-refractivity contribution in [1.82, 2.24) is 9.88 Å². The Balaban J connectivity index is 1.54. The minimum atomic E-state index is -0.930. The number of hydrogen-bond acceptors (Lipinski definition) is 6. The maximum Gasteiger partial charge on any atom is 0.335 e. The van der Waals surface area contributed by atoms with Gasteiger partial charge in [-0.1, -0.05) is 30.8 Å². The average molecular weight is 434 g/mol. The van der Waals surface area contributed by atoms with Gasteiger partial charge >= 0.3 is 5.97 Å². The molecule has 158 valence electrons. The summed E-state index contributed by atoms with van der Waals surface area (Å²) in [5, 5.41) is 10.3. The maximum atomic E-state index is 11.3. The predicted octanol–water partition coefficient (Wildman–Crippen LogP) is 5.33. The molecule has 0 amide bonds. The lowest BCUT2D eigenvalue weighted by Gasteiger charge is -2.30. The highest BCUT2D eigenvalue weighted by molar-refractivity contribution is 8.14. The Morgan fingerprint density at radius 3 is 2.84 bits per heavy atom. The number of benzene rings is 1. The highest BCUT2D eigenvalue weighted by Gasteiger charge is 2.46. The van der Waals surface area contributed by atoms with Crippen LogP contribution in [0.15, 0.2) is 64.1 Å². The first-order chi connectivity index (χ1) is 15.1. The molecule has 0 saturated carbocycles. The van der Waals surface area contributed by atoms with Gasteiger partial charge in [-0.2, -0.15) is 0 Å². The Kier molecular flexibility index (Phi) is 5.06. The van der Waals surface area contributed by atoms with Crippen LogP contribution in [-0.2, 0) is 0 Å². The van der Waals surface area contributed by atoms with Crippen molar-refractivity contribution in [3.05, 3.63) is 77.3 Å². The number of aromatic nitrogens is 1. The van der Waals surface area contributed by atoms with Crippen LogP contribution in [0.2, 0.25) is 0 Å². The lowest BCUT2D eigenvalue weighted by molar-refractivity contribution is 0.0697. The SMILES string of the molecule is CC[C@H]1CSC2=N[C@@H](c3ccccn3)[C@@H](c3ccc(-c4ccc(C(=O)O)cc4C)o3)N21. The van der Waals surface area contributed by atoms with Crippen molar-refractivity contribution < 1.29 is 14.3 Å². The van der Waals surface area contributed by atoms with Gasteiger partial charge in [0.2, 0.25) is 0 Å². The van der Waals surface area contributed by atoms with Crippen LogP contribution < -0.4 is 0 Å². The lowest BCUT2D eigenvalue weighted by Crippen LogP contribution is -2.35. The number of carboxylic acids is 1. The minimum Gasteiger partial charge on any atom is -0.478 e. The number of amidine groups is 1. The molecule has 2 aromatic heterocycles. The summed E-state index contributed by atoms with van der Waals surface area (Å²) in [5.41, 5.74) is 2.97. The van der Waals surface area contributed by atoms with Crippen LogP contribution in [0.3, 0.4) is 0 Å². The van der Waals surface area contributed by atoms with Gasteiger partial charge < -0.3 is 14.4 Å². The molecule has 31 heavy (non-hydrogen) atoms. The molecule has 1 aromatic carbocycles. The van der Waals surface area contributed by atoms with Gasteiger partial charge in [-0.3, -0.25) is 4.98 Å². The summed E-state index contributed by atoms with van der Waals surface area (Å²) < 4.78 is 6.39.